The van der Waals surface area contributed by atoms with Crippen LogP contribution in [0.1, 0.15) is 12.6 Å². The molecule has 0 saturated carbocycles. The van der Waals surface area contributed by atoms with Crippen molar-refractivity contribution in [3.63, 3.8) is 0 Å². The van der Waals surface area contributed by atoms with E-state index in [1.807, 2.05) is 24.3 Å². The summed E-state index contributed by atoms with van der Waals surface area (Å²) in [5.74, 6) is 0.918. The molecule has 0 saturated heterocycles. The van der Waals surface area contributed by atoms with Crippen LogP contribution in [-0.4, -0.2) is 4.32 Å². The summed E-state index contributed by atoms with van der Waals surface area (Å²) in [5.41, 5.74) is 2.55. The third kappa shape index (κ3) is 6.59. The Morgan fingerprint density at radius 3 is 2.05 bits per heavy atom. The van der Waals surface area contributed by atoms with E-state index in [0.717, 1.165) is 16.6 Å². The van der Waals surface area contributed by atoms with Gasteiger partial charge >= 0.3 is 29.6 Å². The van der Waals surface area contributed by atoms with Gasteiger partial charge in [0.1, 0.15) is 4.32 Å². The van der Waals surface area contributed by atoms with Crippen molar-refractivity contribution >= 4 is 28.3 Å². The molecule has 94 valence electrons. The number of rotatable bonds is 4. The molecule has 0 atom stereocenters. The number of benzene rings is 2. The number of hydrogen-bond donors (Lipinski definition) is 1. The van der Waals surface area contributed by atoms with Crippen molar-refractivity contribution in [3.05, 3.63) is 71.8 Å². The zero-order valence-corrected chi connectivity index (χ0v) is 14.6. The molecular weight excluding hydrogens is 281 g/mol. The Morgan fingerprint density at radius 1 is 0.947 bits per heavy atom. The quantitative estimate of drug-likeness (QED) is 0.671. The van der Waals surface area contributed by atoms with Gasteiger partial charge in [-0.15, -0.1) is 0 Å². The van der Waals surface area contributed by atoms with E-state index in [4.69, 9.17) is 12.2 Å². The Hall–Kier alpha value is -0.320. The minimum absolute atomic E-state index is 0. The molecule has 0 aromatic heterocycles. The summed E-state index contributed by atoms with van der Waals surface area (Å²) >= 11 is 6.97. The van der Waals surface area contributed by atoms with Crippen molar-refractivity contribution in [3.8, 4) is 0 Å². The van der Waals surface area contributed by atoms with Crippen LogP contribution in [0.25, 0.3) is 0 Å². The second-order valence-corrected chi connectivity index (χ2v) is 5.55. The average molecular weight is 297 g/mol. The first kappa shape index (κ1) is 16.7. The maximum Gasteiger partial charge on any atom is 1.00 e. The Labute approximate surface area is 148 Å². The van der Waals surface area contributed by atoms with Crippen LogP contribution in [-0.2, 0) is 12.3 Å². The van der Waals surface area contributed by atoms with Crippen LogP contribution in [0.15, 0.2) is 60.7 Å². The van der Waals surface area contributed by atoms with Crippen molar-refractivity contribution in [2.75, 3.05) is 0 Å². The summed E-state index contributed by atoms with van der Waals surface area (Å²) < 4.78 is 0.850. The first-order valence-electron chi connectivity index (χ1n) is 5.83. The monoisotopic (exact) mass is 297 g/mol. The summed E-state index contributed by atoms with van der Waals surface area (Å²) in [4.78, 5) is 0. The van der Waals surface area contributed by atoms with Gasteiger partial charge in [-0.25, -0.2) is 0 Å². The molecule has 0 aliphatic rings. The van der Waals surface area contributed by atoms with E-state index in [0.29, 0.717) is 0 Å². The molecule has 0 unspecified atom stereocenters. The Kier molecular flexibility index (Phi) is 8.42. The topological polar surface area (TPSA) is 12.0 Å². The van der Waals surface area contributed by atoms with Crippen LogP contribution in [0, 0.1) is 0 Å². The second-order valence-electron chi connectivity index (χ2n) is 3.90. The molecule has 2 aromatic rings. The molecule has 0 aliphatic carbocycles. The Morgan fingerprint density at radius 2 is 1.47 bits per heavy atom. The minimum Gasteiger partial charge on any atom is -1.00 e. The van der Waals surface area contributed by atoms with Gasteiger partial charge in [0.25, 0.3) is 0 Å². The number of thiocarbonyl (C=S) groups is 1. The predicted molar refractivity (Wildman–Crippen MR) is 84.7 cm³/mol. The summed E-state index contributed by atoms with van der Waals surface area (Å²) in [6.45, 7) is 0.793. The van der Waals surface area contributed by atoms with E-state index in [1.54, 1.807) is 11.8 Å². The van der Waals surface area contributed by atoms with Crippen molar-refractivity contribution in [2.45, 2.75) is 12.3 Å². The van der Waals surface area contributed by atoms with Gasteiger partial charge < -0.3 is 6.74 Å². The van der Waals surface area contributed by atoms with Crippen molar-refractivity contribution in [1.82, 2.24) is 5.32 Å². The molecule has 19 heavy (non-hydrogen) atoms. The molecule has 2 aromatic carbocycles. The van der Waals surface area contributed by atoms with Gasteiger partial charge in [0.05, 0.1) is 0 Å². The number of nitrogens with one attached hydrogen (secondary N) is 1. The maximum absolute atomic E-state index is 5.30. The Balaban J connectivity index is 0.00000180. The van der Waals surface area contributed by atoms with Crippen LogP contribution >= 0.6 is 24.0 Å². The van der Waals surface area contributed by atoms with Crippen LogP contribution in [0.2, 0.25) is 0 Å². The average Bonchev–Trinajstić information content (AvgIpc) is 2.45. The fraction of sp³-hybridized carbons (Fsp3) is 0.133. The molecule has 4 heteroatoms. The van der Waals surface area contributed by atoms with Gasteiger partial charge in [-0.3, -0.25) is 0 Å². The van der Waals surface area contributed by atoms with E-state index in [9.17, 15) is 0 Å². The summed E-state index contributed by atoms with van der Waals surface area (Å²) in [5, 5.41) is 3.26. The smallest absolute Gasteiger partial charge is 1.00 e. The van der Waals surface area contributed by atoms with E-state index >= 15 is 0 Å². The molecular formula is C15H16NNaS2. The Bertz CT molecular complexity index is 448. The predicted octanol–water partition coefficient (Wildman–Crippen LogP) is 1.11. The van der Waals surface area contributed by atoms with Gasteiger partial charge in [0, 0.05) is 12.3 Å². The molecule has 1 N–H and O–H groups in total. The first-order valence-corrected chi connectivity index (χ1v) is 7.22. The largest absolute Gasteiger partial charge is 1.00 e. The van der Waals surface area contributed by atoms with Gasteiger partial charge in [-0.1, -0.05) is 84.6 Å². The van der Waals surface area contributed by atoms with E-state index in [2.05, 4.69) is 41.7 Å². The number of hydrogen-bond acceptors (Lipinski definition) is 2. The molecule has 1 nitrogen and oxygen atoms in total. The van der Waals surface area contributed by atoms with Gasteiger partial charge in [0.15, 0.2) is 0 Å². The van der Waals surface area contributed by atoms with Crippen LogP contribution in [0.4, 0.5) is 0 Å². The maximum atomic E-state index is 5.30. The SMILES string of the molecule is S=C(NCc1ccccc1)SCc1ccccc1.[H-].[Na+]. The zero-order chi connectivity index (χ0) is 12.6. The molecule has 0 amide bonds. The first-order chi connectivity index (χ1) is 8.84. The molecule has 0 heterocycles. The molecule has 0 spiro atoms. The molecule has 0 aliphatic heterocycles. The van der Waals surface area contributed by atoms with Crippen molar-refractivity contribution < 1.29 is 31.0 Å². The molecule has 0 fully saturated rings. The molecule has 0 radical (unpaired) electrons. The second kappa shape index (κ2) is 9.56. The normalized spacial score (nSPS) is 9.47. The van der Waals surface area contributed by atoms with Crippen molar-refractivity contribution in [1.29, 1.82) is 0 Å². The summed E-state index contributed by atoms with van der Waals surface area (Å²) in [6.07, 6.45) is 0. The van der Waals surface area contributed by atoms with Gasteiger partial charge in [-0.05, 0) is 11.1 Å². The zero-order valence-electron chi connectivity index (χ0n) is 12.0. The summed E-state index contributed by atoms with van der Waals surface area (Å²) in [7, 11) is 0. The van der Waals surface area contributed by atoms with Crippen LogP contribution in [0.3, 0.4) is 0 Å². The minimum atomic E-state index is 0. The van der Waals surface area contributed by atoms with Crippen molar-refractivity contribution in [2.24, 2.45) is 0 Å². The van der Waals surface area contributed by atoms with Crippen LogP contribution in [0.5, 0.6) is 0 Å². The molecule has 0 bridgehead atoms. The number of thioether (sulfide) groups is 1. The van der Waals surface area contributed by atoms with E-state index in [-0.39, 0.29) is 31.0 Å². The molecule has 2 rings (SSSR count). The fourth-order valence-corrected chi connectivity index (χ4v) is 2.46. The van der Waals surface area contributed by atoms with Gasteiger partial charge in [-0.2, -0.15) is 0 Å². The fourth-order valence-electron chi connectivity index (χ4n) is 1.54. The third-order valence-electron chi connectivity index (χ3n) is 2.49. The van der Waals surface area contributed by atoms with Gasteiger partial charge in [0.2, 0.25) is 0 Å². The van der Waals surface area contributed by atoms with E-state index < -0.39 is 0 Å². The standard InChI is InChI=1S/C15H15NS2.Na.H/c17-15(16-11-13-7-3-1-4-8-13)18-12-14-9-5-2-6-10-14;;/h1-10H,11-12H2,(H,16,17);;/q;+1;-1. The van der Waals surface area contributed by atoms with E-state index in [1.165, 1.54) is 11.1 Å². The third-order valence-corrected chi connectivity index (χ3v) is 3.87. The van der Waals surface area contributed by atoms with Crippen LogP contribution < -0.4 is 34.9 Å². The summed E-state index contributed by atoms with van der Waals surface area (Å²) in [6, 6.07) is 20.7.